The van der Waals surface area contributed by atoms with Gasteiger partial charge in [0.25, 0.3) is 0 Å². The Balaban J connectivity index is 0.000000671. The molecular weight excluding hydrogens is 166 g/mol. The van der Waals surface area contributed by atoms with E-state index in [0.717, 1.165) is 5.57 Å². The average Bonchev–Trinajstić information content (AvgIpc) is 2.33. The molecule has 0 saturated carbocycles. The highest BCUT2D eigenvalue weighted by Crippen LogP contribution is 1.83. The van der Waals surface area contributed by atoms with Gasteiger partial charge in [-0.25, -0.2) is 4.79 Å². The molecule has 0 atom stereocenters. The number of aromatic amines is 1. The number of hydrogen-bond donors (Lipinski definition) is 1. The summed E-state index contributed by atoms with van der Waals surface area (Å²) in [4.78, 5) is 13.0. The zero-order valence-corrected chi connectivity index (χ0v) is 8.31. The highest BCUT2D eigenvalue weighted by atomic mass is 16.4. The smallest absolute Gasteiger partial charge is 0.408 e. The Bertz CT molecular complexity index is 423. The summed E-state index contributed by atoms with van der Waals surface area (Å²) < 4.78 is 4.74. The van der Waals surface area contributed by atoms with Crippen LogP contribution in [0.25, 0.3) is 12.7 Å². The molecular formula is C10H15NO2. The van der Waals surface area contributed by atoms with Crippen molar-refractivity contribution in [2.45, 2.75) is 20.8 Å². The Morgan fingerprint density at radius 1 is 1.54 bits per heavy atom. The van der Waals surface area contributed by atoms with E-state index in [1.807, 2.05) is 20.8 Å². The van der Waals surface area contributed by atoms with E-state index in [-0.39, 0.29) is 0 Å². The molecule has 0 aromatic carbocycles. The summed E-state index contributed by atoms with van der Waals surface area (Å²) in [6, 6.07) is 0. The quantitative estimate of drug-likeness (QED) is 0.695. The minimum absolute atomic E-state index is 0.447. The van der Waals surface area contributed by atoms with Gasteiger partial charge in [0.15, 0.2) is 5.42 Å². The fraction of sp³-hybridized carbons (Fsp3) is 0.300. The van der Waals surface area contributed by atoms with Crippen LogP contribution in [0.3, 0.4) is 0 Å². The highest BCUT2D eigenvalue weighted by molar-refractivity contribution is 5.40. The largest absolute Gasteiger partial charge is 0.417 e. The van der Waals surface area contributed by atoms with Crippen molar-refractivity contribution in [2.24, 2.45) is 0 Å². The molecule has 0 bridgehead atoms. The Kier molecular flexibility index (Phi) is 4.59. The topological polar surface area (TPSA) is 46.0 Å². The third-order valence-corrected chi connectivity index (χ3v) is 1.13. The fourth-order valence-electron chi connectivity index (χ4n) is 0.712. The molecule has 0 unspecified atom stereocenters. The zero-order chi connectivity index (χ0) is 10.4. The second kappa shape index (κ2) is 5.19. The molecule has 72 valence electrons. The van der Waals surface area contributed by atoms with Gasteiger partial charge in [0.05, 0.1) is 5.35 Å². The van der Waals surface area contributed by atoms with E-state index in [1.54, 1.807) is 6.08 Å². The normalized spacial score (nSPS) is 10.5. The van der Waals surface area contributed by atoms with Gasteiger partial charge in [-0.05, 0) is 13.0 Å². The lowest BCUT2D eigenvalue weighted by molar-refractivity contribution is 0.486. The molecule has 1 aromatic rings. The van der Waals surface area contributed by atoms with Gasteiger partial charge < -0.3 is 4.42 Å². The van der Waals surface area contributed by atoms with Crippen LogP contribution in [0, 0.1) is 0 Å². The Hall–Kier alpha value is -1.51. The van der Waals surface area contributed by atoms with Gasteiger partial charge in [-0.1, -0.05) is 32.6 Å². The minimum Gasteiger partial charge on any atom is -0.408 e. The van der Waals surface area contributed by atoms with Gasteiger partial charge in [-0.3, -0.25) is 4.98 Å². The van der Waals surface area contributed by atoms with Crippen LogP contribution in [0.15, 0.2) is 21.4 Å². The summed E-state index contributed by atoms with van der Waals surface area (Å²) in [6.07, 6.45) is 1.65. The first kappa shape index (κ1) is 11.5. The van der Waals surface area contributed by atoms with E-state index in [9.17, 15) is 4.79 Å². The van der Waals surface area contributed by atoms with Crippen molar-refractivity contribution in [3.05, 3.63) is 33.5 Å². The summed E-state index contributed by atoms with van der Waals surface area (Å²) in [5.41, 5.74) is 1.26. The Morgan fingerprint density at radius 2 is 2.08 bits per heavy atom. The zero-order valence-electron chi connectivity index (χ0n) is 8.31. The van der Waals surface area contributed by atoms with E-state index in [1.165, 1.54) is 0 Å². The van der Waals surface area contributed by atoms with Gasteiger partial charge in [-0.15, -0.1) is 0 Å². The van der Waals surface area contributed by atoms with Crippen LogP contribution in [-0.4, -0.2) is 4.98 Å². The summed E-state index contributed by atoms with van der Waals surface area (Å²) >= 11 is 0. The molecule has 0 spiro atoms. The van der Waals surface area contributed by atoms with Crippen molar-refractivity contribution in [1.29, 1.82) is 0 Å². The summed E-state index contributed by atoms with van der Waals surface area (Å²) in [6.45, 7) is 13.0. The predicted molar refractivity (Wildman–Crippen MR) is 54.7 cm³/mol. The van der Waals surface area contributed by atoms with Crippen LogP contribution in [0.2, 0.25) is 0 Å². The van der Waals surface area contributed by atoms with Gasteiger partial charge in [0, 0.05) is 0 Å². The summed E-state index contributed by atoms with van der Waals surface area (Å²) in [5.74, 6) is -0.484. The van der Waals surface area contributed by atoms with Crippen molar-refractivity contribution in [2.75, 3.05) is 0 Å². The number of aromatic nitrogens is 1. The molecule has 0 fully saturated rings. The second-order valence-electron chi connectivity index (χ2n) is 2.35. The first-order valence-electron chi connectivity index (χ1n) is 4.15. The Morgan fingerprint density at radius 3 is 2.38 bits per heavy atom. The van der Waals surface area contributed by atoms with Crippen molar-refractivity contribution >= 4 is 12.7 Å². The maximum absolute atomic E-state index is 10.6. The molecule has 0 aliphatic carbocycles. The molecule has 1 aromatic heterocycles. The molecule has 3 nitrogen and oxygen atoms in total. The monoisotopic (exact) mass is 181 g/mol. The molecule has 1 heterocycles. The van der Waals surface area contributed by atoms with Gasteiger partial charge >= 0.3 is 5.76 Å². The SMILES string of the molecule is C=C(C)/C=c1/oc(=O)[nH]c1=C.CC. The van der Waals surface area contributed by atoms with Crippen LogP contribution in [0.5, 0.6) is 0 Å². The standard InChI is InChI=1S/C8H9NO2.C2H6/c1-5(2)4-7-6(3)9-8(10)11-7;1-2/h4H,1,3H2,2H3,(H,9,10);1-2H3/b7-4+;. The molecule has 0 amide bonds. The molecule has 1 N–H and O–H groups in total. The van der Waals surface area contributed by atoms with Crippen LogP contribution in [-0.2, 0) is 0 Å². The van der Waals surface area contributed by atoms with Gasteiger partial charge in [0.1, 0.15) is 0 Å². The lowest BCUT2D eigenvalue weighted by atomic mass is 10.3. The molecule has 1 rings (SSSR count). The third-order valence-electron chi connectivity index (χ3n) is 1.13. The van der Waals surface area contributed by atoms with Crippen LogP contribution < -0.4 is 16.5 Å². The van der Waals surface area contributed by atoms with Crippen LogP contribution in [0.4, 0.5) is 0 Å². The third kappa shape index (κ3) is 3.60. The van der Waals surface area contributed by atoms with Gasteiger partial charge in [-0.2, -0.15) is 0 Å². The lowest BCUT2D eigenvalue weighted by Gasteiger charge is -1.78. The molecule has 0 saturated heterocycles. The first-order valence-corrected chi connectivity index (χ1v) is 4.15. The van der Waals surface area contributed by atoms with E-state index in [4.69, 9.17) is 4.42 Å². The average molecular weight is 181 g/mol. The van der Waals surface area contributed by atoms with Crippen molar-refractivity contribution in [3.63, 3.8) is 0 Å². The first-order chi connectivity index (χ1) is 6.09. The number of nitrogens with one attached hydrogen (secondary N) is 1. The van der Waals surface area contributed by atoms with Crippen molar-refractivity contribution in [3.8, 4) is 0 Å². The van der Waals surface area contributed by atoms with Crippen molar-refractivity contribution in [1.82, 2.24) is 4.98 Å². The van der Waals surface area contributed by atoms with E-state index >= 15 is 0 Å². The number of rotatable bonds is 1. The van der Waals surface area contributed by atoms with Gasteiger partial charge in [0.2, 0.25) is 0 Å². The molecule has 3 heteroatoms. The molecule has 0 radical (unpaired) electrons. The number of allylic oxidation sites excluding steroid dienone is 1. The molecule has 0 aliphatic rings. The number of hydrogen-bond acceptors (Lipinski definition) is 2. The van der Waals surface area contributed by atoms with Crippen LogP contribution >= 0.6 is 0 Å². The summed E-state index contributed by atoms with van der Waals surface area (Å²) in [5, 5.41) is 0.484. The second-order valence-corrected chi connectivity index (χ2v) is 2.35. The molecule has 0 aliphatic heterocycles. The van der Waals surface area contributed by atoms with Crippen LogP contribution in [0.1, 0.15) is 20.8 Å². The van der Waals surface area contributed by atoms with E-state index < -0.39 is 5.76 Å². The molecule has 13 heavy (non-hydrogen) atoms. The Labute approximate surface area is 77.1 Å². The van der Waals surface area contributed by atoms with E-state index in [0.29, 0.717) is 10.8 Å². The maximum Gasteiger partial charge on any atom is 0.417 e. The summed E-state index contributed by atoms with van der Waals surface area (Å²) in [7, 11) is 0. The fourth-order valence-corrected chi connectivity index (χ4v) is 0.712. The number of oxazole rings is 1. The lowest BCUT2D eigenvalue weighted by Crippen LogP contribution is -2.20. The highest BCUT2D eigenvalue weighted by Gasteiger charge is 1.89. The minimum atomic E-state index is -0.484. The van der Waals surface area contributed by atoms with Crippen molar-refractivity contribution < 1.29 is 4.42 Å². The maximum atomic E-state index is 10.6. The van der Waals surface area contributed by atoms with E-state index in [2.05, 4.69) is 18.1 Å². The number of H-pyrrole nitrogens is 1. The predicted octanol–water partition coefficient (Wildman–Crippen LogP) is 0.761.